The number of allylic oxidation sites excluding steroid dienone is 4. The van der Waals surface area contributed by atoms with Gasteiger partial charge in [-0.15, -0.1) is 0 Å². The maximum atomic E-state index is 12.8. The molecule has 0 aliphatic carbocycles. The molecule has 0 aliphatic rings. The van der Waals surface area contributed by atoms with Crippen LogP contribution >= 0.6 is 0 Å². The molecule has 0 saturated heterocycles. The lowest BCUT2D eigenvalue weighted by Gasteiger charge is -2.18. The van der Waals surface area contributed by atoms with Crippen LogP contribution in [-0.2, 0) is 75.9 Å². The van der Waals surface area contributed by atoms with Gasteiger partial charge in [0.05, 0.1) is 165 Å². The van der Waals surface area contributed by atoms with Crippen molar-refractivity contribution in [2.24, 2.45) is 0 Å². The number of aliphatic hydroxyl groups is 1. The molecule has 17 nitrogen and oxygen atoms in total. The van der Waals surface area contributed by atoms with E-state index in [4.69, 9.17) is 71.4 Å². The molecular weight excluding hydrogens is 1030 g/mol. The van der Waals surface area contributed by atoms with Gasteiger partial charge < -0.3 is 71.4 Å². The zero-order valence-electron chi connectivity index (χ0n) is 51.0. The van der Waals surface area contributed by atoms with Crippen LogP contribution in [0.5, 0.6) is 0 Å². The standard InChI is InChI=1S/C63H120O17/c1-3-5-7-9-11-13-15-17-19-21-23-25-27-29-31-33-62(65)79-60-61(80-63(66)34-32-30-28-26-24-22-20-18-16-14-12-10-8-6-4-2)59-78-58-57-77-56-55-76-54-53-75-52-51-74-50-49-73-48-47-72-46-45-71-44-43-70-42-41-69-40-39-68-38-37-67-36-35-64/h17-20,61,64H,3-16,21-60H2,1-2H3/b19-17-,20-18-/t61-/m0/s1. The molecule has 0 unspecified atom stereocenters. The highest BCUT2D eigenvalue weighted by Crippen LogP contribution is 2.13. The predicted octanol–water partition coefficient (Wildman–Crippen LogP) is 11.7. The fraction of sp³-hybridized carbons (Fsp3) is 0.905. The molecule has 0 aromatic heterocycles. The number of esters is 2. The van der Waals surface area contributed by atoms with Crippen molar-refractivity contribution in [1.29, 1.82) is 0 Å². The molecule has 0 heterocycles. The Balaban J connectivity index is 4.01. The Morgan fingerprint density at radius 1 is 0.300 bits per heavy atom. The molecule has 0 radical (unpaired) electrons. The van der Waals surface area contributed by atoms with Crippen LogP contribution in [0, 0.1) is 0 Å². The fourth-order valence-electron chi connectivity index (χ4n) is 8.00. The van der Waals surface area contributed by atoms with Gasteiger partial charge in [-0.1, -0.05) is 141 Å². The largest absolute Gasteiger partial charge is 0.462 e. The lowest BCUT2D eigenvalue weighted by atomic mass is 10.1. The van der Waals surface area contributed by atoms with E-state index in [2.05, 4.69) is 38.2 Å². The normalized spacial score (nSPS) is 12.2. The van der Waals surface area contributed by atoms with E-state index in [0.29, 0.717) is 165 Å². The summed E-state index contributed by atoms with van der Waals surface area (Å²) in [6.07, 6.45) is 40.6. The molecule has 474 valence electrons. The summed E-state index contributed by atoms with van der Waals surface area (Å²) in [6, 6.07) is 0. The molecule has 0 saturated carbocycles. The van der Waals surface area contributed by atoms with E-state index in [0.717, 1.165) is 57.8 Å². The molecule has 80 heavy (non-hydrogen) atoms. The van der Waals surface area contributed by atoms with Gasteiger partial charge in [0, 0.05) is 12.8 Å². The molecular formula is C63H120O17. The number of aliphatic hydroxyl groups excluding tert-OH is 1. The molecule has 0 fully saturated rings. The molecule has 0 aromatic carbocycles. The minimum absolute atomic E-state index is 0.0170. The van der Waals surface area contributed by atoms with Crippen molar-refractivity contribution < 1.29 is 81.0 Å². The Hall–Kier alpha value is -2.10. The van der Waals surface area contributed by atoms with Crippen LogP contribution in [0.1, 0.15) is 194 Å². The number of rotatable bonds is 70. The van der Waals surface area contributed by atoms with Crippen molar-refractivity contribution in [3.05, 3.63) is 24.3 Å². The van der Waals surface area contributed by atoms with Gasteiger partial charge in [0.25, 0.3) is 0 Å². The minimum atomic E-state index is -0.668. The molecule has 0 spiro atoms. The number of carbonyl (C=O) groups excluding carboxylic acids is 2. The Morgan fingerprint density at radius 2 is 0.550 bits per heavy atom. The van der Waals surface area contributed by atoms with Crippen LogP contribution in [0.4, 0.5) is 0 Å². The average Bonchev–Trinajstić information content (AvgIpc) is 3.46. The number of unbranched alkanes of at least 4 members (excludes halogenated alkanes) is 22. The van der Waals surface area contributed by atoms with Gasteiger partial charge in [-0.2, -0.15) is 0 Å². The first kappa shape index (κ1) is 77.9. The van der Waals surface area contributed by atoms with E-state index in [-0.39, 0.29) is 31.8 Å². The molecule has 1 N–H and O–H groups in total. The summed E-state index contributed by atoms with van der Waals surface area (Å²) in [5.74, 6) is -0.550. The Labute approximate surface area is 487 Å². The SMILES string of the molecule is CCCCCCCC/C=C\CCCCCCCC(=O)OC[C@H](COCCOCCOCCOCCOCCOCCOCCOCCOCCOCCOCCOCCO)OC(=O)CCCCCCC/C=C\CCCCCCCC. The van der Waals surface area contributed by atoms with E-state index in [9.17, 15) is 9.59 Å². The predicted molar refractivity (Wildman–Crippen MR) is 317 cm³/mol. The second-order valence-corrected chi connectivity index (χ2v) is 20.0. The monoisotopic (exact) mass is 1150 g/mol. The maximum Gasteiger partial charge on any atom is 0.306 e. The maximum absolute atomic E-state index is 12.8. The molecule has 1 atom stereocenters. The molecule has 17 heteroatoms. The zero-order chi connectivity index (χ0) is 57.6. The third-order valence-corrected chi connectivity index (χ3v) is 12.6. The van der Waals surface area contributed by atoms with Crippen molar-refractivity contribution >= 4 is 11.9 Å². The smallest absolute Gasteiger partial charge is 0.306 e. The molecule has 0 amide bonds. The summed E-state index contributed by atoms with van der Waals surface area (Å²) < 4.78 is 77.5. The van der Waals surface area contributed by atoms with Gasteiger partial charge in [0.2, 0.25) is 0 Å². The Morgan fingerprint density at radius 3 is 0.850 bits per heavy atom. The average molecular weight is 1150 g/mol. The Bertz CT molecular complexity index is 1260. The van der Waals surface area contributed by atoms with Crippen molar-refractivity contribution in [3.63, 3.8) is 0 Å². The zero-order valence-corrected chi connectivity index (χ0v) is 51.0. The molecule has 0 aromatic rings. The highest BCUT2D eigenvalue weighted by Gasteiger charge is 2.18. The van der Waals surface area contributed by atoms with Crippen LogP contribution in [0.25, 0.3) is 0 Å². The van der Waals surface area contributed by atoms with Crippen LogP contribution in [0.15, 0.2) is 24.3 Å². The summed E-state index contributed by atoms with van der Waals surface area (Å²) in [4.78, 5) is 25.5. The molecule has 0 bridgehead atoms. The third kappa shape index (κ3) is 68.4. The number of ether oxygens (including phenoxy) is 14. The number of hydrogen-bond donors (Lipinski definition) is 1. The van der Waals surface area contributed by atoms with Gasteiger partial charge >= 0.3 is 11.9 Å². The highest BCUT2D eigenvalue weighted by atomic mass is 16.6. The van der Waals surface area contributed by atoms with Crippen molar-refractivity contribution in [1.82, 2.24) is 0 Å². The van der Waals surface area contributed by atoms with E-state index in [1.807, 2.05) is 0 Å². The van der Waals surface area contributed by atoms with Gasteiger partial charge in [-0.3, -0.25) is 9.59 Å². The van der Waals surface area contributed by atoms with Crippen molar-refractivity contribution in [3.8, 4) is 0 Å². The summed E-state index contributed by atoms with van der Waals surface area (Å²) in [6.45, 7) is 15.1. The van der Waals surface area contributed by atoms with Crippen LogP contribution in [0.2, 0.25) is 0 Å². The van der Waals surface area contributed by atoms with E-state index < -0.39 is 6.10 Å². The van der Waals surface area contributed by atoms with E-state index >= 15 is 0 Å². The van der Waals surface area contributed by atoms with Crippen LogP contribution in [0.3, 0.4) is 0 Å². The van der Waals surface area contributed by atoms with Gasteiger partial charge in [-0.25, -0.2) is 0 Å². The topological polar surface area (TPSA) is 184 Å². The first-order valence-corrected chi connectivity index (χ1v) is 31.8. The lowest BCUT2D eigenvalue weighted by molar-refractivity contribution is -0.163. The fourth-order valence-corrected chi connectivity index (χ4v) is 8.00. The van der Waals surface area contributed by atoms with Crippen LogP contribution < -0.4 is 0 Å². The van der Waals surface area contributed by atoms with Gasteiger partial charge in [0.15, 0.2) is 6.10 Å². The van der Waals surface area contributed by atoms with E-state index in [1.165, 1.54) is 109 Å². The summed E-state index contributed by atoms with van der Waals surface area (Å²) in [5, 5.41) is 8.63. The van der Waals surface area contributed by atoms with Gasteiger partial charge in [0.1, 0.15) is 6.61 Å². The van der Waals surface area contributed by atoms with Crippen molar-refractivity contribution in [2.75, 3.05) is 172 Å². The first-order chi connectivity index (χ1) is 39.6. The van der Waals surface area contributed by atoms with Crippen molar-refractivity contribution in [2.45, 2.75) is 200 Å². The second-order valence-electron chi connectivity index (χ2n) is 20.0. The first-order valence-electron chi connectivity index (χ1n) is 31.8. The third-order valence-electron chi connectivity index (χ3n) is 12.6. The number of hydrogen-bond acceptors (Lipinski definition) is 17. The summed E-state index contributed by atoms with van der Waals surface area (Å²) in [7, 11) is 0. The second kappa shape index (κ2) is 71.2. The van der Waals surface area contributed by atoms with Crippen LogP contribution in [-0.4, -0.2) is 195 Å². The quantitative estimate of drug-likeness (QED) is 0.0344. The molecule has 0 rings (SSSR count). The van der Waals surface area contributed by atoms with E-state index in [1.54, 1.807) is 0 Å². The van der Waals surface area contributed by atoms with Gasteiger partial charge in [-0.05, 0) is 64.2 Å². The Kier molecular flexibility index (Phi) is 69.3. The summed E-state index contributed by atoms with van der Waals surface area (Å²) >= 11 is 0. The highest BCUT2D eigenvalue weighted by molar-refractivity contribution is 5.70. The molecule has 0 aliphatic heterocycles. The lowest BCUT2D eigenvalue weighted by Crippen LogP contribution is -2.30. The minimum Gasteiger partial charge on any atom is -0.462 e. The summed E-state index contributed by atoms with van der Waals surface area (Å²) in [5.41, 5.74) is 0. The number of carbonyl (C=O) groups is 2.